The lowest BCUT2D eigenvalue weighted by atomic mass is 10.1. The first-order valence-electron chi connectivity index (χ1n) is 7.71. The Morgan fingerprint density at radius 2 is 1.92 bits per heavy atom. The molecule has 25 heavy (non-hydrogen) atoms. The third-order valence-corrected chi connectivity index (χ3v) is 4.75. The Balaban J connectivity index is 1.63. The molecule has 0 fully saturated rings. The van der Waals surface area contributed by atoms with Crippen LogP contribution >= 0.6 is 0 Å². The molecule has 0 saturated carbocycles. The van der Waals surface area contributed by atoms with Crippen LogP contribution < -0.4 is 9.47 Å². The fourth-order valence-electron chi connectivity index (χ4n) is 2.89. The van der Waals surface area contributed by atoms with Gasteiger partial charge in [0.05, 0.1) is 5.52 Å². The van der Waals surface area contributed by atoms with E-state index in [1.165, 1.54) is 0 Å². The summed E-state index contributed by atoms with van der Waals surface area (Å²) in [5.74, 6) is 0.928. The summed E-state index contributed by atoms with van der Waals surface area (Å²) in [6.07, 6.45) is 1.42. The van der Waals surface area contributed by atoms with Gasteiger partial charge in [-0.05, 0) is 35.4 Å². The number of ether oxygens (including phenoxy) is 2. The highest BCUT2D eigenvalue weighted by Gasteiger charge is 2.24. The van der Waals surface area contributed by atoms with Crippen molar-refractivity contribution >= 4 is 21.0 Å². The Morgan fingerprint density at radius 3 is 2.68 bits per heavy atom. The molecule has 1 unspecified atom stereocenters. The van der Waals surface area contributed by atoms with Crippen molar-refractivity contribution in [1.82, 2.24) is 4.98 Å². The molecule has 1 N–H and O–H groups in total. The van der Waals surface area contributed by atoms with Crippen molar-refractivity contribution in [3.8, 4) is 11.5 Å². The summed E-state index contributed by atoms with van der Waals surface area (Å²) in [5, 5.41) is 0.882. The standard InChI is InChI=1S/C18H15NO5S/c20-25(21,22)11-12-3-5-13(6-4-12)17-10-23-16-8-7-15-14(18(16)24-17)2-1-9-19-15/h1-9,17H,10-11H2,(H,20,21,22). The third kappa shape index (κ3) is 3.29. The highest BCUT2D eigenvalue weighted by molar-refractivity contribution is 7.85. The minimum Gasteiger partial charge on any atom is -0.485 e. The first-order valence-corrected chi connectivity index (χ1v) is 9.32. The number of pyridine rings is 1. The smallest absolute Gasteiger partial charge is 0.269 e. The molecule has 2 heterocycles. The van der Waals surface area contributed by atoms with E-state index in [1.807, 2.05) is 24.3 Å². The average molecular weight is 357 g/mol. The average Bonchev–Trinajstić information content (AvgIpc) is 2.60. The molecule has 0 radical (unpaired) electrons. The Morgan fingerprint density at radius 1 is 1.12 bits per heavy atom. The molecule has 128 valence electrons. The lowest BCUT2D eigenvalue weighted by molar-refractivity contribution is 0.0934. The lowest BCUT2D eigenvalue weighted by Gasteiger charge is -2.27. The van der Waals surface area contributed by atoms with Crippen molar-refractivity contribution in [2.75, 3.05) is 6.61 Å². The third-order valence-electron chi connectivity index (χ3n) is 4.05. The second-order valence-corrected chi connectivity index (χ2v) is 7.30. The van der Waals surface area contributed by atoms with Crippen LogP contribution in [0.1, 0.15) is 17.2 Å². The molecule has 1 aliphatic rings. The van der Waals surface area contributed by atoms with Crippen LogP contribution in [-0.4, -0.2) is 24.6 Å². The van der Waals surface area contributed by atoms with Gasteiger partial charge < -0.3 is 9.47 Å². The minimum atomic E-state index is -4.04. The largest absolute Gasteiger partial charge is 0.485 e. The van der Waals surface area contributed by atoms with Crippen LogP contribution in [0, 0.1) is 0 Å². The van der Waals surface area contributed by atoms with Crippen molar-refractivity contribution in [2.24, 2.45) is 0 Å². The SMILES string of the molecule is O=S(=O)(O)Cc1ccc(C2COc3ccc4ncccc4c3O2)cc1. The summed E-state index contributed by atoms with van der Waals surface area (Å²) in [6, 6.07) is 14.4. The predicted molar refractivity (Wildman–Crippen MR) is 92.3 cm³/mol. The molecule has 2 aromatic carbocycles. The van der Waals surface area contributed by atoms with Gasteiger partial charge in [-0.25, -0.2) is 0 Å². The predicted octanol–water partition coefficient (Wildman–Crippen LogP) is 3.14. The van der Waals surface area contributed by atoms with E-state index in [0.717, 1.165) is 16.5 Å². The molecular weight excluding hydrogens is 342 g/mol. The van der Waals surface area contributed by atoms with E-state index >= 15 is 0 Å². The second kappa shape index (κ2) is 6.02. The van der Waals surface area contributed by atoms with Crippen molar-refractivity contribution in [1.29, 1.82) is 0 Å². The molecule has 0 amide bonds. The highest BCUT2D eigenvalue weighted by Crippen LogP contribution is 2.41. The Kier molecular flexibility index (Phi) is 3.82. The van der Waals surface area contributed by atoms with Gasteiger partial charge in [0.25, 0.3) is 10.1 Å². The first-order chi connectivity index (χ1) is 12.0. The first kappa shape index (κ1) is 15.9. The number of hydrogen-bond donors (Lipinski definition) is 1. The molecule has 7 heteroatoms. The van der Waals surface area contributed by atoms with Crippen LogP contribution in [0.3, 0.4) is 0 Å². The van der Waals surface area contributed by atoms with Gasteiger partial charge >= 0.3 is 0 Å². The van der Waals surface area contributed by atoms with Gasteiger partial charge in [-0.2, -0.15) is 8.42 Å². The zero-order valence-electron chi connectivity index (χ0n) is 13.1. The lowest BCUT2D eigenvalue weighted by Crippen LogP contribution is -2.21. The van der Waals surface area contributed by atoms with Crippen LogP contribution in [0.2, 0.25) is 0 Å². The maximum absolute atomic E-state index is 11.0. The summed E-state index contributed by atoms with van der Waals surface area (Å²) in [6.45, 7) is 0.358. The normalized spacial score (nSPS) is 16.8. The van der Waals surface area contributed by atoms with E-state index in [4.69, 9.17) is 14.0 Å². The van der Waals surface area contributed by atoms with E-state index in [0.29, 0.717) is 23.7 Å². The molecule has 0 aliphatic carbocycles. The number of rotatable bonds is 3. The molecule has 3 aromatic rings. The molecule has 1 aliphatic heterocycles. The van der Waals surface area contributed by atoms with Crippen LogP contribution in [-0.2, 0) is 15.9 Å². The molecule has 1 aromatic heterocycles. The quantitative estimate of drug-likeness (QED) is 0.725. The van der Waals surface area contributed by atoms with Gasteiger partial charge in [0.2, 0.25) is 0 Å². The van der Waals surface area contributed by atoms with Crippen molar-refractivity contribution in [3.63, 3.8) is 0 Å². The van der Waals surface area contributed by atoms with Crippen molar-refractivity contribution in [2.45, 2.75) is 11.9 Å². The van der Waals surface area contributed by atoms with Crippen molar-refractivity contribution < 1.29 is 22.4 Å². The van der Waals surface area contributed by atoms with Gasteiger partial charge in [-0.15, -0.1) is 0 Å². The van der Waals surface area contributed by atoms with Gasteiger partial charge in [0, 0.05) is 11.6 Å². The Labute approximate surface area is 144 Å². The van der Waals surface area contributed by atoms with Crippen LogP contribution in [0.4, 0.5) is 0 Å². The molecule has 0 saturated heterocycles. The number of hydrogen-bond acceptors (Lipinski definition) is 5. The monoisotopic (exact) mass is 357 g/mol. The van der Waals surface area contributed by atoms with E-state index in [-0.39, 0.29) is 6.10 Å². The summed E-state index contributed by atoms with van der Waals surface area (Å²) in [4.78, 5) is 4.32. The Bertz CT molecular complexity index is 1030. The van der Waals surface area contributed by atoms with Crippen LogP contribution in [0.15, 0.2) is 54.7 Å². The van der Waals surface area contributed by atoms with Crippen molar-refractivity contribution in [3.05, 3.63) is 65.9 Å². The minimum absolute atomic E-state index is 0.307. The zero-order valence-corrected chi connectivity index (χ0v) is 13.9. The number of aromatic nitrogens is 1. The maximum Gasteiger partial charge on any atom is 0.269 e. The molecule has 0 spiro atoms. The molecule has 4 rings (SSSR count). The fraction of sp³-hybridized carbons (Fsp3) is 0.167. The fourth-order valence-corrected chi connectivity index (χ4v) is 3.50. The molecule has 6 nitrogen and oxygen atoms in total. The molecule has 1 atom stereocenters. The van der Waals surface area contributed by atoms with E-state index in [9.17, 15) is 8.42 Å². The topological polar surface area (TPSA) is 85.7 Å². The molecular formula is C18H15NO5S. The van der Waals surface area contributed by atoms with Crippen LogP contribution in [0.5, 0.6) is 11.5 Å². The summed E-state index contributed by atoms with van der Waals surface area (Å²) in [5.41, 5.74) is 2.21. The van der Waals surface area contributed by atoms with E-state index in [1.54, 1.807) is 30.5 Å². The Hall–Kier alpha value is -2.64. The highest BCUT2D eigenvalue weighted by atomic mass is 32.2. The second-order valence-electron chi connectivity index (χ2n) is 5.85. The van der Waals surface area contributed by atoms with Gasteiger partial charge in [0.15, 0.2) is 17.6 Å². The van der Waals surface area contributed by atoms with Crippen LogP contribution in [0.25, 0.3) is 10.9 Å². The summed E-state index contributed by atoms with van der Waals surface area (Å²) >= 11 is 0. The number of fused-ring (bicyclic) bond motifs is 3. The zero-order chi connectivity index (χ0) is 17.4. The summed E-state index contributed by atoms with van der Waals surface area (Å²) < 4.78 is 42.8. The maximum atomic E-state index is 11.0. The summed E-state index contributed by atoms with van der Waals surface area (Å²) in [7, 11) is -4.04. The molecule has 0 bridgehead atoms. The number of nitrogens with zero attached hydrogens (tertiary/aromatic N) is 1. The van der Waals surface area contributed by atoms with Gasteiger partial charge in [0.1, 0.15) is 12.4 Å². The number of benzene rings is 2. The van der Waals surface area contributed by atoms with E-state index < -0.39 is 15.9 Å². The van der Waals surface area contributed by atoms with E-state index in [2.05, 4.69) is 4.98 Å². The van der Waals surface area contributed by atoms with Gasteiger partial charge in [-0.1, -0.05) is 24.3 Å². The van der Waals surface area contributed by atoms with Gasteiger partial charge in [-0.3, -0.25) is 9.54 Å².